The third-order valence-electron chi connectivity index (χ3n) is 3.39. The Labute approximate surface area is 115 Å². The van der Waals surface area contributed by atoms with Gasteiger partial charge in [-0.3, -0.25) is 0 Å². The van der Waals surface area contributed by atoms with Crippen LogP contribution in [-0.2, 0) is 12.8 Å². The summed E-state index contributed by atoms with van der Waals surface area (Å²) in [5, 5.41) is 0. The summed E-state index contributed by atoms with van der Waals surface area (Å²) >= 11 is 3.47. The van der Waals surface area contributed by atoms with Crippen LogP contribution >= 0.6 is 15.9 Å². The Bertz CT molecular complexity index is 623. The van der Waals surface area contributed by atoms with E-state index in [0.717, 1.165) is 51.9 Å². The molecule has 1 aromatic heterocycles. The van der Waals surface area contributed by atoms with E-state index in [1.807, 2.05) is 12.1 Å². The Morgan fingerprint density at radius 2 is 2.06 bits per heavy atom. The van der Waals surface area contributed by atoms with Crippen molar-refractivity contribution in [2.75, 3.05) is 5.73 Å². The first kappa shape index (κ1) is 11.7. The van der Waals surface area contributed by atoms with Gasteiger partial charge in [0.15, 0.2) is 5.82 Å². The van der Waals surface area contributed by atoms with Gasteiger partial charge in [0.2, 0.25) is 0 Å². The number of nitrogens with zero attached hydrogens (tertiary/aromatic N) is 2. The molecule has 2 N–H and O–H groups in total. The highest BCUT2D eigenvalue weighted by atomic mass is 79.9. The van der Waals surface area contributed by atoms with Crippen molar-refractivity contribution in [3.63, 3.8) is 0 Å². The number of hydrogen-bond acceptors (Lipinski definition) is 3. The maximum Gasteiger partial charge on any atom is 0.162 e. The number of rotatable bonds is 1. The number of aromatic nitrogens is 2. The van der Waals surface area contributed by atoms with Gasteiger partial charge in [0.1, 0.15) is 5.82 Å². The first-order valence-corrected chi connectivity index (χ1v) is 6.86. The molecule has 0 fully saturated rings. The lowest BCUT2D eigenvalue weighted by Gasteiger charge is -2.09. The molecule has 0 saturated carbocycles. The fraction of sp³-hybridized carbons (Fsp3) is 0.286. The highest BCUT2D eigenvalue weighted by molar-refractivity contribution is 9.10. The molecular weight excluding hydrogens is 290 g/mol. The van der Waals surface area contributed by atoms with Crippen LogP contribution in [0.15, 0.2) is 22.7 Å². The van der Waals surface area contributed by atoms with E-state index in [2.05, 4.69) is 38.9 Å². The number of nitrogen functional groups attached to an aromatic ring is 1. The Balaban J connectivity index is 2.15. The van der Waals surface area contributed by atoms with Gasteiger partial charge in [-0.05, 0) is 49.9 Å². The summed E-state index contributed by atoms with van der Waals surface area (Å²) in [7, 11) is 0. The molecule has 0 spiro atoms. The summed E-state index contributed by atoms with van der Waals surface area (Å²) in [5.74, 6) is 1.40. The van der Waals surface area contributed by atoms with Gasteiger partial charge in [-0.1, -0.05) is 15.9 Å². The predicted molar refractivity (Wildman–Crippen MR) is 76.3 cm³/mol. The van der Waals surface area contributed by atoms with Gasteiger partial charge in [0, 0.05) is 21.3 Å². The van der Waals surface area contributed by atoms with Crippen LogP contribution in [0.3, 0.4) is 0 Å². The number of halogens is 1. The molecule has 1 aliphatic rings. The standard InChI is InChI=1S/C14H14BrN3/c1-8-7-9(15)5-6-10(8)14-17-12-4-2-3-11(12)13(16)18-14/h5-7H,2-4H2,1H3,(H2,16,17,18). The molecule has 3 rings (SSSR count). The van der Waals surface area contributed by atoms with Crippen molar-refractivity contribution >= 4 is 21.7 Å². The van der Waals surface area contributed by atoms with Crippen molar-refractivity contribution in [2.45, 2.75) is 26.2 Å². The zero-order valence-electron chi connectivity index (χ0n) is 10.2. The number of benzene rings is 1. The van der Waals surface area contributed by atoms with Crippen molar-refractivity contribution in [3.05, 3.63) is 39.5 Å². The lowest BCUT2D eigenvalue weighted by atomic mass is 10.1. The molecule has 4 heteroatoms. The topological polar surface area (TPSA) is 51.8 Å². The first-order valence-electron chi connectivity index (χ1n) is 6.07. The van der Waals surface area contributed by atoms with E-state index in [4.69, 9.17) is 5.73 Å². The number of hydrogen-bond donors (Lipinski definition) is 1. The van der Waals surface area contributed by atoms with Gasteiger partial charge in [-0.25, -0.2) is 9.97 Å². The molecule has 18 heavy (non-hydrogen) atoms. The number of nitrogens with two attached hydrogens (primary N) is 1. The molecule has 92 valence electrons. The lowest BCUT2D eigenvalue weighted by Crippen LogP contribution is -2.03. The van der Waals surface area contributed by atoms with Crippen molar-refractivity contribution in [1.82, 2.24) is 9.97 Å². The molecule has 0 unspecified atom stereocenters. The number of aryl methyl sites for hydroxylation is 2. The molecule has 1 heterocycles. The van der Waals surface area contributed by atoms with E-state index < -0.39 is 0 Å². The summed E-state index contributed by atoms with van der Waals surface area (Å²) in [5.41, 5.74) is 10.5. The van der Waals surface area contributed by atoms with Crippen LogP contribution in [0.5, 0.6) is 0 Å². The molecule has 1 aromatic carbocycles. The number of fused-ring (bicyclic) bond motifs is 1. The van der Waals surface area contributed by atoms with E-state index in [1.54, 1.807) is 0 Å². The molecule has 0 aliphatic heterocycles. The maximum atomic E-state index is 6.03. The van der Waals surface area contributed by atoms with Gasteiger partial charge in [-0.15, -0.1) is 0 Å². The Morgan fingerprint density at radius 1 is 1.22 bits per heavy atom. The molecule has 2 aromatic rings. The van der Waals surface area contributed by atoms with E-state index in [9.17, 15) is 0 Å². The maximum absolute atomic E-state index is 6.03. The summed E-state index contributed by atoms with van der Waals surface area (Å²) in [6.07, 6.45) is 3.17. The molecule has 0 radical (unpaired) electrons. The van der Waals surface area contributed by atoms with Crippen LogP contribution in [0.25, 0.3) is 11.4 Å². The molecule has 0 bridgehead atoms. The van der Waals surface area contributed by atoms with Crippen molar-refractivity contribution in [2.24, 2.45) is 0 Å². The van der Waals surface area contributed by atoms with E-state index in [1.165, 1.54) is 0 Å². The highest BCUT2D eigenvalue weighted by Crippen LogP contribution is 2.29. The normalized spacial score (nSPS) is 13.7. The van der Waals surface area contributed by atoms with Crippen LogP contribution in [0.2, 0.25) is 0 Å². The predicted octanol–water partition coefficient (Wildman–Crippen LogP) is 3.29. The zero-order valence-corrected chi connectivity index (χ0v) is 11.8. The van der Waals surface area contributed by atoms with Crippen LogP contribution in [0.1, 0.15) is 23.2 Å². The summed E-state index contributed by atoms with van der Waals surface area (Å²) < 4.78 is 1.07. The SMILES string of the molecule is Cc1cc(Br)ccc1-c1nc(N)c2c(n1)CCC2. The smallest absolute Gasteiger partial charge is 0.162 e. The molecule has 0 saturated heterocycles. The largest absolute Gasteiger partial charge is 0.383 e. The number of anilines is 1. The average Bonchev–Trinajstić information content (AvgIpc) is 2.77. The van der Waals surface area contributed by atoms with Gasteiger partial charge in [-0.2, -0.15) is 0 Å². The van der Waals surface area contributed by atoms with Gasteiger partial charge >= 0.3 is 0 Å². The summed E-state index contributed by atoms with van der Waals surface area (Å²) in [6.45, 7) is 2.06. The van der Waals surface area contributed by atoms with E-state index >= 15 is 0 Å². The van der Waals surface area contributed by atoms with Gasteiger partial charge in [0.25, 0.3) is 0 Å². The Hall–Kier alpha value is -1.42. The average molecular weight is 304 g/mol. The second-order valence-electron chi connectivity index (χ2n) is 4.67. The van der Waals surface area contributed by atoms with Crippen molar-refractivity contribution < 1.29 is 0 Å². The third kappa shape index (κ3) is 1.90. The summed E-state index contributed by atoms with van der Waals surface area (Å²) in [6, 6.07) is 6.12. The molecule has 0 atom stereocenters. The minimum atomic E-state index is 0.648. The minimum absolute atomic E-state index is 0.648. The quantitative estimate of drug-likeness (QED) is 0.879. The fourth-order valence-electron chi connectivity index (χ4n) is 2.46. The monoisotopic (exact) mass is 303 g/mol. The van der Waals surface area contributed by atoms with Crippen LogP contribution in [-0.4, -0.2) is 9.97 Å². The summed E-state index contributed by atoms with van der Waals surface area (Å²) in [4.78, 5) is 9.13. The highest BCUT2D eigenvalue weighted by Gasteiger charge is 2.18. The molecular formula is C14H14BrN3. The molecule has 3 nitrogen and oxygen atoms in total. The van der Waals surface area contributed by atoms with Gasteiger partial charge in [0.05, 0.1) is 0 Å². The van der Waals surface area contributed by atoms with Crippen LogP contribution < -0.4 is 5.73 Å². The second kappa shape index (κ2) is 4.35. The molecule has 1 aliphatic carbocycles. The minimum Gasteiger partial charge on any atom is -0.383 e. The fourth-order valence-corrected chi connectivity index (χ4v) is 2.94. The second-order valence-corrected chi connectivity index (χ2v) is 5.59. The van der Waals surface area contributed by atoms with E-state index in [-0.39, 0.29) is 0 Å². The van der Waals surface area contributed by atoms with Crippen LogP contribution in [0, 0.1) is 6.92 Å². The van der Waals surface area contributed by atoms with Gasteiger partial charge < -0.3 is 5.73 Å². The third-order valence-corrected chi connectivity index (χ3v) is 3.89. The lowest BCUT2D eigenvalue weighted by molar-refractivity contribution is 0.900. The Morgan fingerprint density at radius 3 is 2.83 bits per heavy atom. The van der Waals surface area contributed by atoms with Crippen molar-refractivity contribution in [3.8, 4) is 11.4 Å². The first-order chi connectivity index (χ1) is 8.65. The Kier molecular flexibility index (Phi) is 2.82. The zero-order chi connectivity index (χ0) is 12.7. The van der Waals surface area contributed by atoms with Crippen LogP contribution in [0.4, 0.5) is 5.82 Å². The van der Waals surface area contributed by atoms with E-state index in [0.29, 0.717) is 5.82 Å². The molecule has 0 amide bonds. The van der Waals surface area contributed by atoms with Crippen molar-refractivity contribution in [1.29, 1.82) is 0 Å².